The molecular weight excluding hydrogens is 221 g/mol. The van der Waals surface area contributed by atoms with Gasteiger partial charge >= 0.3 is 6.18 Å². The summed E-state index contributed by atoms with van der Waals surface area (Å²) in [6, 6.07) is 0. The minimum absolute atomic E-state index is 0.0396. The second kappa shape index (κ2) is 4.22. The van der Waals surface area contributed by atoms with Gasteiger partial charge in [0.15, 0.2) is 0 Å². The Balaban J connectivity index is 2.18. The highest BCUT2D eigenvalue weighted by atomic mass is 19.4. The molecule has 2 unspecified atom stereocenters. The van der Waals surface area contributed by atoms with Crippen LogP contribution in [0.15, 0.2) is 23.3 Å². The lowest BCUT2D eigenvalue weighted by molar-refractivity contribution is -0.0958. The van der Waals surface area contributed by atoms with Gasteiger partial charge in [-0.05, 0) is 12.8 Å². The van der Waals surface area contributed by atoms with E-state index in [9.17, 15) is 18.3 Å². The number of halogens is 3. The fraction of sp³-hybridized carbons (Fsp3) is 0.636. The molecular formula is C11H13F3O2. The van der Waals surface area contributed by atoms with Gasteiger partial charge in [-0.1, -0.05) is 17.7 Å². The topological polar surface area (TPSA) is 29.5 Å². The minimum Gasteiger partial charge on any atom is -0.390 e. The lowest BCUT2D eigenvalue weighted by atomic mass is 9.85. The predicted octanol–water partition coefficient (Wildman–Crippen LogP) is 2.20. The van der Waals surface area contributed by atoms with Crippen LogP contribution in [0.4, 0.5) is 13.2 Å². The number of aliphatic hydroxyl groups excluding tert-OH is 1. The molecule has 0 saturated carbocycles. The van der Waals surface area contributed by atoms with Crippen molar-refractivity contribution in [3.63, 3.8) is 0 Å². The standard InChI is InChI=1S/C11H13F3O2/c12-11(13,14)9-2-1-7-4-10(15)6-16-5-8(7)3-9/h1-2,8,10,15H,3-6H2. The van der Waals surface area contributed by atoms with Crippen LogP contribution in [0.5, 0.6) is 0 Å². The fourth-order valence-corrected chi connectivity index (χ4v) is 2.10. The molecule has 2 atom stereocenters. The molecule has 90 valence electrons. The highest BCUT2D eigenvalue weighted by molar-refractivity contribution is 5.30. The van der Waals surface area contributed by atoms with Crippen molar-refractivity contribution in [2.45, 2.75) is 25.1 Å². The summed E-state index contributed by atoms with van der Waals surface area (Å²) in [6.45, 7) is 0.464. The molecule has 0 aromatic rings. The molecule has 0 spiro atoms. The third-order valence-corrected chi connectivity index (χ3v) is 2.95. The normalized spacial score (nSPS) is 31.2. The second-order valence-electron chi connectivity index (χ2n) is 4.23. The first kappa shape index (κ1) is 11.7. The zero-order valence-corrected chi connectivity index (χ0v) is 8.63. The van der Waals surface area contributed by atoms with Crippen LogP contribution in [0.25, 0.3) is 0 Å². The number of aliphatic hydroxyl groups is 1. The maximum absolute atomic E-state index is 12.5. The van der Waals surface area contributed by atoms with E-state index in [-0.39, 0.29) is 25.6 Å². The molecule has 0 radical (unpaired) electrons. The Hall–Kier alpha value is -0.810. The maximum atomic E-state index is 12.5. The first-order valence-electron chi connectivity index (χ1n) is 5.19. The highest BCUT2D eigenvalue weighted by Crippen LogP contribution is 2.38. The van der Waals surface area contributed by atoms with E-state index in [4.69, 9.17) is 4.74 Å². The van der Waals surface area contributed by atoms with Gasteiger partial charge in [0, 0.05) is 11.5 Å². The number of fused-ring (bicyclic) bond motifs is 1. The van der Waals surface area contributed by atoms with E-state index >= 15 is 0 Å². The van der Waals surface area contributed by atoms with Crippen molar-refractivity contribution in [2.24, 2.45) is 5.92 Å². The van der Waals surface area contributed by atoms with Crippen LogP contribution in [0.3, 0.4) is 0 Å². The van der Waals surface area contributed by atoms with Gasteiger partial charge in [-0.25, -0.2) is 0 Å². The van der Waals surface area contributed by atoms with Crippen LogP contribution < -0.4 is 0 Å². The van der Waals surface area contributed by atoms with E-state index in [1.807, 2.05) is 0 Å². The van der Waals surface area contributed by atoms with Crippen LogP contribution in [-0.4, -0.2) is 30.6 Å². The van der Waals surface area contributed by atoms with Gasteiger partial charge in [0.1, 0.15) is 0 Å². The molecule has 5 heteroatoms. The van der Waals surface area contributed by atoms with E-state index in [2.05, 4.69) is 0 Å². The van der Waals surface area contributed by atoms with Crippen LogP contribution >= 0.6 is 0 Å². The van der Waals surface area contributed by atoms with Gasteiger partial charge in [-0.2, -0.15) is 13.2 Å². The third-order valence-electron chi connectivity index (χ3n) is 2.95. The van der Waals surface area contributed by atoms with Gasteiger partial charge in [0.25, 0.3) is 0 Å². The van der Waals surface area contributed by atoms with Crippen molar-refractivity contribution in [1.29, 1.82) is 0 Å². The first-order chi connectivity index (χ1) is 7.47. The van der Waals surface area contributed by atoms with Crippen LogP contribution in [-0.2, 0) is 4.74 Å². The number of rotatable bonds is 0. The van der Waals surface area contributed by atoms with Crippen molar-refractivity contribution in [1.82, 2.24) is 0 Å². The largest absolute Gasteiger partial charge is 0.412 e. The molecule has 1 fully saturated rings. The first-order valence-corrected chi connectivity index (χ1v) is 5.19. The summed E-state index contributed by atoms with van der Waals surface area (Å²) in [6.07, 6.45) is -1.89. The third kappa shape index (κ3) is 2.47. The molecule has 1 saturated heterocycles. The van der Waals surface area contributed by atoms with E-state index in [0.29, 0.717) is 6.42 Å². The molecule has 1 aliphatic heterocycles. The summed E-state index contributed by atoms with van der Waals surface area (Å²) in [5, 5.41) is 9.45. The number of alkyl halides is 3. The molecule has 0 aromatic heterocycles. The average Bonchev–Trinajstić information content (AvgIpc) is 2.35. The molecule has 2 aliphatic rings. The summed E-state index contributed by atoms with van der Waals surface area (Å²) >= 11 is 0. The van der Waals surface area contributed by atoms with Gasteiger partial charge in [-0.15, -0.1) is 0 Å². The van der Waals surface area contributed by atoms with E-state index in [1.54, 1.807) is 0 Å². The Labute approximate surface area is 91.4 Å². The zero-order chi connectivity index (χ0) is 11.8. The van der Waals surface area contributed by atoms with Gasteiger partial charge < -0.3 is 9.84 Å². The van der Waals surface area contributed by atoms with Gasteiger partial charge in [0.05, 0.1) is 19.3 Å². The summed E-state index contributed by atoms with van der Waals surface area (Å²) < 4.78 is 42.6. The molecule has 2 rings (SSSR count). The average molecular weight is 234 g/mol. The lowest BCUT2D eigenvalue weighted by Crippen LogP contribution is -2.21. The Morgan fingerprint density at radius 2 is 1.94 bits per heavy atom. The molecule has 0 amide bonds. The SMILES string of the molecule is OC1COCC2CC(C(F)(F)F)=CC=C2C1. The number of ether oxygens (including phenoxy) is 1. The van der Waals surface area contributed by atoms with E-state index in [0.717, 1.165) is 11.6 Å². The maximum Gasteiger partial charge on any atom is 0.412 e. The summed E-state index contributed by atoms with van der Waals surface area (Å²) in [5.41, 5.74) is 0.347. The number of allylic oxidation sites excluding steroid dienone is 3. The van der Waals surface area contributed by atoms with E-state index in [1.165, 1.54) is 6.08 Å². The number of hydrogen-bond donors (Lipinski definition) is 1. The molecule has 2 nitrogen and oxygen atoms in total. The predicted molar refractivity (Wildman–Crippen MR) is 51.8 cm³/mol. The fourth-order valence-electron chi connectivity index (χ4n) is 2.10. The Bertz CT molecular complexity index is 331. The smallest absolute Gasteiger partial charge is 0.390 e. The molecule has 0 aromatic carbocycles. The Morgan fingerprint density at radius 3 is 2.62 bits per heavy atom. The van der Waals surface area contributed by atoms with Crippen molar-refractivity contribution in [2.75, 3.05) is 13.2 Å². The van der Waals surface area contributed by atoms with Crippen LogP contribution in [0.2, 0.25) is 0 Å². The quantitative estimate of drug-likeness (QED) is 0.696. The van der Waals surface area contributed by atoms with Gasteiger partial charge in [0.2, 0.25) is 0 Å². The van der Waals surface area contributed by atoms with Crippen molar-refractivity contribution >= 4 is 0 Å². The minimum atomic E-state index is -4.26. The molecule has 1 aliphatic carbocycles. The van der Waals surface area contributed by atoms with Crippen molar-refractivity contribution in [3.05, 3.63) is 23.3 Å². The molecule has 0 bridgehead atoms. The number of hydrogen-bond acceptors (Lipinski definition) is 2. The molecule has 1 N–H and O–H groups in total. The highest BCUT2D eigenvalue weighted by Gasteiger charge is 2.37. The van der Waals surface area contributed by atoms with Crippen molar-refractivity contribution < 1.29 is 23.0 Å². The van der Waals surface area contributed by atoms with E-state index < -0.39 is 17.9 Å². The molecule has 16 heavy (non-hydrogen) atoms. The second-order valence-corrected chi connectivity index (χ2v) is 4.23. The lowest BCUT2D eigenvalue weighted by Gasteiger charge is -2.24. The van der Waals surface area contributed by atoms with Gasteiger partial charge in [-0.3, -0.25) is 0 Å². The van der Waals surface area contributed by atoms with Crippen LogP contribution in [0.1, 0.15) is 12.8 Å². The summed E-state index contributed by atoms with van der Waals surface area (Å²) in [7, 11) is 0. The summed E-state index contributed by atoms with van der Waals surface area (Å²) in [4.78, 5) is 0. The zero-order valence-electron chi connectivity index (χ0n) is 8.63. The van der Waals surface area contributed by atoms with Crippen molar-refractivity contribution in [3.8, 4) is 0 Å². The Kier molecular flexibility index (Phi) is 3.08. The Morgan fingerprint density at radius 1 is 1.19 bits per heavy atom. The monoisotopic (exact) mass is 234 g/mol. The molecule has 1 heterocycles. The summed E-state index contributed by atoms with van der Waals surface area (Å²) in [5.74, 6) is -0.237. The van der Waals surface area contributed by atoms with Crippen LogP contribution in [0, 0.1) is 5.92 Å².